The number of ether oxygens (including phenoxy) is 2. The van der Waals surface area contributed by atoms with Crippen LogP contribution in [0.1, 0.15) is 22.8 Å². The van der Waals surface area contributed by atoms with Gasteiger partial charge in [-0.15, -0.1) is 0 Å². The van der Waals surface area contributed by atoms with E-state index in [4.69, 9.17) is 21.1 Å². The summed E-state index contributed by atoms with van der Waals surface area (Å²) < 4.78 is 11.0. The molecule has 5 nitrogen and oxygen atoms in total. The van der Waals surface area contributed by atoms with Crippen LogP contribution in [0, 0.1) is 0 Å². The number of hydrogen-bond donors (Lipinski definition) is 1. The lowest BCUT2D eigenvalue weighted by atomic mass is 10.1. The first-order valence-electron chi connectivity index (χ1n) is 8.29. The monoisotopic (exact) mass is 369 g/mol. The van der Waals surface area contributed by atoms with E-state index < -0.39 is 18.2 Å². The molecule has 2 aromatic carbocycles. The van der Waals surface area contributed by atoms with Crippen molar-refractivity contribution in [1.29, 1.82) is 0 Å². The summed E-state index contributed by atoms with van der Waals surface area (Å²) in [7, 11) is 0. The highest BCUT2D eigenvalue weighted by molar-refractivity contribution is 6.30. The molecule has 2 heterocycles. The van der Waals surface area contributed by atoms with Gasteiger partial charge in [0.15, 0.2) is 12.2 Å². The lowest BCUT2D eigenvalue weighted by Gasteiger charge is -2.15. The van der Waals surface area contributed by atoms with Gasteiger partial charge in [-0.2, -0.15) is 0 Å². The first kappa shape index (κ1) is 16.7. The Morgan fingerprint density at radius 3 is 2.92 bits per heavy atom. The molecular formula is C20H16ClNO4. The maximum Gasteiger partial charge on any atom is 0.348 e. The Bertz CT molecular complexity index is 1010. The molecule has 1 N–H and O–H groups in total. The van der Waals surface area contributed by atoms with Crippen molar-refractivity contribution >= 4 is 34.3 Å². The quantitative estimate of drug-likeness (QED) is 0.558. The molecule has 6 heteroatoms. The van der Waals surface area contributed by atoms with E-state index in [1.807, 2.05) is 24.3 Å². The number of carbonyl (C=O) groups is 2. The molecule has 2 atom stereocenters. The molecular weight excluding hydrogens is 354 g/mol. The van der Waals surface area contributed by atoms with E-state index >= 15 is 0 Å². The number of benzene rings is 2. The number of aromatic amines is 1. The van der Waals surface area contributed by atoms with Crippen LogP contribution in [0.5, 0.6) is 5.75 Å². The zero-order chi connectivity index (χ0) is 18.3. The van der Waals surface area contributed by atoms with E-state index in [1.54, 1.807) is 31.3 Å². The van der Waals surface area contributed by atoms with E-state index in [-0.39, 0.29) is 5.78 Å². The summed E-state index contributed by atoms with van der Waals surface area (Å²) in [6.45, 7) is 1.57. The Morgan fingerprint density at radius 2 is 2.08 bits per heavy atom. The Balaban J connectivity index is 1.46. The fourth-order valence-electron chi connectivity index (χ4n) is 3.15. The van der Waals surface area contributed by atoms with Gasteiger partial charge in [0.05, 0.1) is 0 Å². The molecule has 0 aliphatic carbocycles. The van der Waals surface area contributed by atoms with Crippen LogP contribution in [0.2, 0.25) is 5.02 Å². The summed E-state index contributed by atoms with van der Waals surface area (Å²) in [5.74, 6) is -0.195. The third-order valence-corrected chi connectivity index (χ3v) is 4.71. The Kier molecular flexibility index (Phi) is 4.17. The van der Waals surface area contributed by atoms with Crippen LogP contribution >= 0.6 is 11.6 Å². The van der Waals surface area contributed by atoms with Crippen LogP contribution < -0.4 is 4.74 Å². The molecule has 4 rings (SSSR count). The first-order chi connectivity index (χ1) is 12.5. The van der Waals surface area contributed by atoms with Crippen LogP contribution in [0.15, 0.2) is 48.7 Å². The molecule has 0 amide bonds. The maximum atomic E-state index is 12.7. The third kappa shape index (κ3) is 2.95. The summed E-state index contributed by atoms with van der Waals surface area (Å²) in [5.41, 5.74) is 2.22. The average Bonchev–Trinajstić information content (AvgIpc) is 3.24. The van der Waals surface area contributed by atoms with E-state index in [9.17, 15) is 9.59 Å². The van der Waals surface area contributed by atoms with Gasteiger partial charge in [-0.1, -0.05) is 29.8 Å². The van der Waals surface area contributed by atoms with Gasteiger partial charge in [0, 0.05) is 34.1 Å². The number of carbonyl (C=O) groups excluding carboxylic acids is 2. The SMILES string of the molecule is C[C@H](OC(=O)[C@H]1Cc2cc(Cl)ccc2O1)C(=O)c1c[nH]c2ccccc12. The summed E-state index contributed by atoms with van der Waals surface area (Å²) in [5, 5.41) is 1.39. The minimum atomic E-state index is -0.905. The average molecular weight is 370 g/mol. The van der Waals surface area contributed by atoms with Gasteiger partial charge >= 0.3 is 5.97 Å². The predicted molar refractivity (Wildman–Crippen MR) is 97.8 cm³/mol. The van der Waals surface area contributed by atoms with Crippen molar-refractivity contribution in [3.63, 3.8) is 0 Å². The fraction of sp³-hybridized carbons (Fsp3) is 0.200. The molecule has 3 aromatic rings. The number of halogens is 1. The molecule has 1 aliphatic heterocycles. The van der Waals surface area contributed by atoms with Crippen LogP contribution in [0.25, 0.3) is 10.9 Å². The van der Waals surface area contributed by atoms with Gasteiger partial charge in [-0.05, 0) is 36.8 Å². The largest absolute Gasteiger partial charge is 0.478 e. The van der Waals surface area contributed by atoms with Crippen molar-refractivity contribution in [2.45, 2.75) is 25.6 Å². The van der Waals surface area contributed by atoms with Crippen LogP contribution in [-0.2, 0) is 16.0 Å². The standard InChI is InChI=1S/C20H16ClNO4/c1-11(19(23)15-10-22-16-5-3-2-4-14(15)16)25-20(24)18-9-12-8-13(21)6-7-17(12)26-18/h2-8,10-11,18,22H,9H2,1H3/t11-,18+/m0/s1. The number of aromatic nitrogens is 1. The van der Waals surface area contributed by atoms with Gasteiger partial charge in [0.25, 0.3) is 0 Å². The second-order valence-electron chi connectivity index (χ2n) is 6.25. The number of fused-ring (bicyclic) bond motifs is 2. The smallest absolute Gasteiger partial charge is 0.348 e. The number of para-hydroxylation sites is 1. The second-order valence-corrected chi connectivity index (χ2v) is 6.69. The highest BCUT2D eigenvalue weighted by Crippen LogP contribution is 2.31. The lowest BCUT2D eigenvalue weighted by molar-refractivity contribution is -0.153. The number of rotatable bonds is 4. The van der Waals surface area contributed by atoms with Crippen LogP contribution in [0.3, 0.4) is 0 Å². The summed E-state index contributed by atoms with van der Waals surface area (Å²) >= 11 is 5.96. The second kappa shape index (κ2) is 6.50. The van der Waals surface area contributed by atoms with Crippen molar-refractivity contribution < 1.29 is 19.1 Å². The molecule has 1 aliphatic rings. The molecule has 0 bridgehead atoms. The lowest BCUT2D eigenvalue weighted by Crippen LogP contribution is -2.33. The van der Waals surface area contributed by atoms with Gasteiger partial charge in [0.2, 0.25) is 5.78 Å². The number of hydrogen-bond acceptors (Lipinski definition) is 4. The fourth-order valence-corrected chi connectivity index (χ4v) is 3.34. The summed E-state index contributed by atoms with van der Waals surface area (Å²) in [6, 6.07) is 12.7. The zero-order valence-corrected chi connectivity index (χ0v) is 14.7. The van der Waals surface area contributed by atoms with Gasteiger partial charge in [-0.25, -0.2) is 4.79 Å². The van der Waals surface area contributed by atoms with Crippen molar-refractivity contribution in [2.24, 2.45) is 0 Å². The van der Waals surface area contributed by atoms with E-state index in [2.05, 4.69) is 4.98 Å². The molecule has 0 saturated carbocycles. The summed E-state index contributed by atoms with van der Waals surface area (Å²) in [6.07, 6.45) is 0.351. The molecule has 132 valence electrons. The topological polar surface area (TPSA) is 68.4 Å². The van der Waals surface area contributed by atoms with E-state index in [0.717, 1.165) is 16.5 Å². The van der Waals surface area contributed by atoms with Gasteiger partial charge < -0.3 is 14.5 Å². The first-order valence-corrected chi connectivity index (χ1v) is 8.66. The summed E-state index contributed by atoms with van der Waals surface area (Å²) in [4.78, 5) is 28.1. The van der Waals surface area contributed by atoms with Gasteiger partial charge in [-0.3, -0.25) is 4.79 Å². The number of H-pyrrole nitrogens is 1. The zero-order valence-electron chi connectivity index (χ0n) is 14.0. The highest BCUT2D eigenvalue weighted by atomic mass is 35.5. The number of nitrogens with one attached hydrogen (secondary N) is 1. The molecule has 0 unspecified atom stereocenters. The van der Waals surface area contributed by atoms with Gasteiger partial charge in [0.1, 0.15) is 5.75 Å². The maximum absolute atomic E-state index is 12.7. The minimum Gasteiger partial charge on any atom is -0.478 e. The van der Waals surface area contributed by atoms with Crippen molar-refractivity contribution in [2.75, 3.05) is 0 Å². The molecule has 26 heavy (non-hydrogen) atoms. The van der Waals surface area contributed by atoms with E-state index in [0.29, 0.717) is 22.8 Å². The van der Waals surface area contributed by atoms with Crippen LogP contribution in [-0.4, -0.2) is 28.9 Å². The molecule has 1 aromatic heterocycles. The highest BCUT2D eigenvalue weighted by Gasteiger charge is 2.33. The minimum absolute atomic E-state index is 0.255. The Labute approximate surface area is 154 Å². The number of ketones is 1. The van der Waals surface area contributed by atoms with Crippen molar-refractivity contribution in [3.05, 3.63) is 64.8 Å². The normalized spacial score (nSPS) is 16.8. The molecule has 0 saturated heterocycles. The Hall–Kier alpha value is -2.79. The van der Waals surface area contributed by atoms with Crippen molar-refractivity contribution in [3.8, 4) is 5.75 Å². The molecule has 0 spiro atoms. The molecule has 0 radical (unpaired) electrons. The van der Waals surface area contributed by atoms with Crippen molar-refractivity contribution in [1.82, 2.24) is 4.98 Å². The predicted octanol–water partition coefficient (Wildman–Crippen LogP) is 3.94. The number of Topliss-reactive ketones (excluding diaryl/α,β-unsaturated/α-hetero) is 1. The third-order valence-electron chi connectivity index (χ3n) is 4.48. The Morgan fingerprint density at radius 1 is 1.27 bits per heavy atom. The molecule has 0 fully saturated rings. The van der Waals surface area contributed by atoms with Crippen LogP contribution in [0.4, 0.5) is 0 Å². The van der Waals surface area contributed by atoms with E-state index in [1.165, 1.54) is 0 Å². The number of esters is 1.